The Morgan fingerprint density at radius 1 is 1.42 bits per heavy atom. The van der Waals surface area contributed by atoms with Crippen molar-refractivity contribution in [2.45, 2.75) is 31.8 Å². The third-order valence-electron chi connectivity index (χ3n) is 3.35. The lowest BCUT2D eigenvalue weighted by Gasteiger charge is -2.17. The molecule has 0 spiro atoms. The second-order valence-electron chi connectivity index (χ2n) is 4.65. The summed E-state index contributed by atoms with van der Waals surface area (Å²) in [4.78, 5) is 12.0. The topological polar surface area (TPSA) is 50.4 Å². The molecule has 19 heavy (non-hydrogen) atoms. The zero-order chi connectivity index (χ0) is 13.0. The average molecular weight is 285 g/mol. The summed E-state index contributed by atoms with van der Waals surface area (Å²) >= 11 is 0. The fraction of sp³-hybridized carbons (Fsp3) is 0.500. The Labute approximate surface area is 120 Å². The highest BCUT2D eigenvalue weighted by Crippen LogP contribution is 2.17. The average Bonchev–Trinajstić information content (AvgIpc) is 2.92. The summed E-state index contributed by atoms with van der Waals surface area (Å²) in [6.07, 6.45) is 2.01. The molecule has 4 nitrogen and oxygen atoms in total. The van der Waals surface area contributed by atoms with Crippen LogP contribution in [0.5, 0.6) is 5.75 Å². The Morgan fingerprint density at radius 2 is 2.11 bits per heavy atom. The molecule has 1 aliphatic rings. The van der Waals surface area contributed by atoms with Gasteiger partial charge in [-0.25, -0.2) is 0 Å². The molecule has 1 amide bonds. The highest BCUT2D eigenvalue weighted by molar-refractivity contribution is 5.85. The van der Waals surface area contributed by atoms with E-state index >= 15 is 0 Å². The zero-order valence-electron chi connectivity index (χ0n) is 11.3. The predicted molar refractivity (Wildman–Crippen MR) is 77.8 cm³/mol. The van der Waals surface area contributed by atoms with Crippen molar-refractivity contribution in [3.05, 3.63) is 29.8 Å². The molecule has 1 aromatic carbocycles. The molecule has 2 N–H and O–H groups in total. The standard InChI is InChI=1S/C14H20N2O2.ClH/c1-10(11-5-7-12(18-2)8-6-11)16-14(17)13-4-3-9-15-13;/h5-8,10,13,15H,3-4,9H2,1-2H3,(H,16,17);1H. The molecule has 106 valence electrons. The Balaban J connectivity index is 0.00000180. The van der Waals surface area contributed by atoms with E-state index in [0.717, 1.165) is 30.7 Å². The van der Waals surface area contributed by atoms with Gasteiger partial charge in [-0.3, -0.25) is 4.79 Å². The van der Waals surface area contributed by atoms with Crippen LogP contribution in [0.4, 0.5) is 0 Å². The largest absolute Gasteiger partial charge is 0.497 e. The van der Waals surface area contributed by atoms with Crippen LogP contribution in [0.25, 0.3) is 0 Å². The summed E-state index contributed by atoms with van der Waals surface area (Å²) in [6, 6.07) is 7.77. The van der Waals surface area contributed by atoms with E-state index in [4.69, 9.17) is 4.74 Å². The number of nitrogens with one attached hydrogen (secondary N) is 2. The number of hydrogen-bond donors (Lipinski definition) is 2. The first-order valence-corrected chi connectivity index (χ1v) is 6.38. The summed E-state index contributed by atoms with van der Waals surface area (Å²) in [5, 5.41) is 6.23. The summed E-state index contributed by atoms with van der Waals surface area (Å²) in [7, 11) is 1.64. The maximum Gasteiger partial charge on any atom is 0.237 e. The van der Waals surface area contributed by atoms with Gasteiger partial charge in [0.1, 0.15) is 5.75 Å². The molecule has 5 heteroatoms. The minimum atomic E-state index is -0.0225. The van der Waals surface area contributed by atoms with Crippen LogP contribution in [0.3, 0.4) is 0 Å². The highest BCUT2D eigenvalue weighted by atomic mass is 35.5. The van der Waals surface area contributed by atoms with Crippen molar-refractivity contribution in [3.63, 3.8) is 0 Å². The van der Waals surface area contributed by atoms with Crippen molar-refractivity contribution >= 4 is 18.3 Å². The summed E-state index contributed by atoms with van der Waals surface area (Å²) < 4.78 is 5.11. The van der Waals surface area contributed by atoms with Crippen LogP contribution in [-0.4, -0.2) is 25.6 Å². The van der Waals surface area contributed by atoms with Crippen molar-refractivity contribution in [1.29, 1.82) is 0 Å². The van der Waals surface area contributed by atoms with Gasteiger partial charge in [-0.2, -0.15) is 0 Å². The molecule has 1 aromatic rings. The van der Waals surface area contributed by atoms with Gasteiger partial charge in [0.15, 0.2) is 0 Å². The summed E-state index contributed by atoms with van der Waals surface area (Å²) in [5.74, 6) is 0.922. The zero-order valence-corrected chi connectivity index (χ0v) is 12.1. The number of carbonyl (C=O) groups excluding carboxylic acids is 1. The molecule has 0 bridgehead atoms. The van der Waals surface area contributed by atoms with E-state index in [2.05, 4.69) is 10.6 Å². The molecule has 1 heterocycles. The van der Waals surface area contributed by atoms with E-state index in [1.807, 2.05) is 31.2 Å². The quantitative estimate of drug-likeness (QED) is 0.890. The van der Waals surface area contributed by atoms with Crippen molar-refractivity contribution in [2.75, 3.05) is 13.7 Å². The number of benzene rings is 1. The van der Waals surface area contributed by atoms with Crippen LogP contribution in [-0.2, 0) is 4.79 Å². The minimum absolute atomic E-state index is 0. The van der Waals surface area contributed by atoms with E-state index in [9.17, 15) is 4.79 Å². The molecule has 1 saturated heterocycles. The van der Waals surface area contributed by atoms with Crippen LogP contribution in [0.2, 0.25) is 0 Å². The molecule has 1 fully saturated rings. The first-order valence-electron chi connectivity index (χ1n) is 6.38. The number of amides is 1. The Hall–Kier alpha value is -1.26. The lowest BCUT2D eigenvalue weighted by molar-refractivity contribution is -0.123. The van der Waals surface area contributed by atoms with Gasteiger partial charge < -0.3 is 15.4 Å². The summed E-state index contributed by atoms with van der Waals surface area (Å²) in [6.45, 7) is 2.93. The van der Waals surface area contributed by atoms with Gasteiger partial charge in [-0.1, -0.05) is 12.1 Å². The number of ether oxygens (including phenoxy) is 1. The number of methoxy groups -OCH3 is 1. The first-order chi connectivity index (χ1) is 8.70. The van der Waals surface area contributed by atoms with E-state index in [1.54, 1.807) is 7.11 Å². The lowest BCUT2D eigenvalue weighted by atomic mass is 10.1. The predicted octanol–water partition coefficient (Wildman–Crippen LogP) is 2.05. The van der Waals surface area contributed by atoms with Gasteiger partial charge in [0.2, 0.25) is 5.91 Å². The Bertz CT molecular complexity index is 402. The van der Waals surface area contributed by atoms with Crippen LogP contribution < -0.4 is 15.4 Å². The van der Waals surface area contributed by atoms with Crippen molar-refractivity contribution < 1.29 is 9.53 Å². The molecular weight excluding hydrogens is 264 g/mol. The third-order valence-corrected chi connectivity index (χ3v) is 3.35. The van der Waals surface area contributed by atoms with Crippen LogP contribution in [0.15, 0.2) is 24.3 Å². The molecule has 0 saturated carbocycles. The number of halogens is 1. The molecule has 1 aliphatic heterocycles. The van der Waals surface area contributed by atoms with Crippen molar-refractivity contribution in [3.8, 4) is 5.75 Å². The SMILES string of the molecule is COc1ccc(C(C)NC(=O)C2CCCN2)cc1.Cl. The van der Waals surface area contributed by atoms with E-state index in [-0.39, 0.29) is 30.4 Å². The van der Waals surface area contributed by atoms with Crippen LogP contribution in [0, 0.1) is 0 Å². The van der Waals surface area contributed by atoms with E-state index in [0.29, 0.717) is 0 Å². The number of carbonyl (C=O) groups is 1. The normalized spacial score (nSPS) is 19.4. The number of hydrogen-bond acceptors (Lipinski definition) is 3. The maximum absolute atomic E-state index is 12.0. The fourth-order valence-corrected chi connectivity index (χ4v) is 2.20. The van der Waals surface area contributed by atoms with Gasteiger partial charge in [0.25, 0.3) is 0 Å². The molecule has 0 aromatic heterocycles. The lowest BCUT2D eigenvalue weighted by Crippen LogP contribution is -2.41. The van der Waals surface area contributed by atoms with Gasteiger partial charge in [0.05, 0.1) is 19.2 Å². The molecule has 2 atom stereocenters. The molecule has 0 radical (unpaired) electrons. The Morgan fingerprint density at radius 3 is 2.63 bits per heavy atom. The Kier molecular flexibility index (Phi) is 6.12. The second kappa shape index (κ2) is 7.36. The monoisotopic (exact) mass is 284 g/mol. The smallest absolute Gasteiger partial charge is 0.237 e. The third kappa shape index (κ3) is 4.11. The summed E-state index contributed by atoms with van der Waals surface area (Å²) in [5.41, 5.74) is 1.09. The molecule has 0 aliphatic carbocycles. The van der Waals surface area contributed by atoms with Gasteiger partial charge in [-0.15, -0.1) is 12.4 Å². The maximum atomic E-state index is 12.0. The van der Waals surface area contributed by atoms with E-state index < -0.39 is 0 Å². The van der Waals surface area contributed by atoms with Crippen LogP contribution >= 0.6 is 12.4 Å². The highest BCUT2D eigenvalue weighted by Gasteiger charge is 2.23. The van der Waals surface area contributed by atoms with E-state index in [1.165, 1.54) is 0 Å². The van der Waals surface area contributed by atoms with Crippen LogP contribution in [0.1, 0.15) is 31.4 Å². The van der Waals surface area contributed by atoms with Crippen molar-refractivity contribution in [1.82, 2.24) is 10.6 Å². The minimum Gasteiger partial charge on any atom is -0.497 e. The second-order valence-corrected chi connectivity index (χ2v) is 4.65. The molecule has 2 unspecified atom stereocenters. The molecular formula is C14H21ClN2O2. The van der Waals surface area contributed by atoms with Gasteiger partial charge >= 0.3 is 0 Å². The number of rotatable bonds is 4. The molecule has 2 rings (SSSR count). The van der Waals surface area contributed by atoms with Gasteiger partial charge in [-0.05, 0) is 44.0 Å². The van der Waals surface area contributed by atoms with Gasteiger partial charge in [0, 0.05) is 0 Å². The fourth-order valence-electron chi connectivity index (χ4n) is 2.20. The van der Waals surface area contributed by atoms with Crippen molar-refractivity contribution in [2.24, 2.45) is 0 Å². The first kappa shape index (κ1) is 15.8.